The van der Waals surface area contributed by atoms with Gasteiger partial charge in [0, 0.05) is 13.6 Å². The molecule has 0 radical (unpaired) electrons. The van der Waals surface area contributed by atoms with Crippen LogP contribution in [-0.4, -0.2) is 39.7 Å². The van der Waals surface area contributed by atoms with Crippen LogP contribution in [0.25, 0.3) is 0 Å². The molecule has 0 aliphatic heterocycles. The predicted octanol–water partition coefficient (Wildman–Crippen LogP) is 2.42. The summed E-state index contributed by atoms with van der Waals surface area (Å²) in [6.45, 7) is 0.101. The van der Waals surface area contributed by atoms with Crippen molar-refractivity contribution in [3.8, 4) is 11.5 Å². The highest BCUT2D eigenvalue weighted by molar-refractivity contribution is 5.95. The van der Waals surface area contributed by atoms with E-state index < -0.39 is 29.0 Å². The second-order valence-corrected chi connectivity index (χ2v) is 5.74. The second-order valence-electron chi connectivity index (χ2n) is 5.74. The Morgan fingerprint density at radius 3 is 2.38 bits per heavy atom. The molecule has 0 bridgehead atoms. The molecule has 1 amide bonds. The minimum Gasteiger partial charge on any atom is -0.493 e. The number of anilines is 1. The molecule has 10 heteroatoms. The predicted molar refractivity (Wildman–Crippen MR) is 103 cm³/mol. The number of hydrogen-bond acceptors (Lipinski definition) is 4. The Hall–Kier alpha value is -3.43. The third-order valence-electron chi connectivity index (χ3n) is 3.86. The van der Waals surface area contributed by atoms with Crippen molar-refractivity contribution in [3.63, 3.8) is 0 Å². The molecule has 2 aromatic rings. The first kappa shape index (κ1) is 21.9. The monoisotopic (exact) mass is 410 g/mol. The number of carbonyl (C=O) groups excluding carboxylic acids is 1. The third kappa shape index (κ3) is 5.77. The van der Waals surface area contributed by atoms with E-state index in [1.165, 1.54) is 14.2 Å². The number of amides is 1. The molecule has 0 saturated heterocycles. The summed E-state index contributed by atoms with van der Waals surface area (Å²) >= 11 is 0. The number of carbonyl (C=O) groups is 1. The summed E-state index contributed by atoms with van der Waals surface area (Å²) in [7, 11) is 4.58. The van der Waals surface area contributed by atoms with Crippen LogP contribution in [0.5, 0.6) is 11.5 Å². The zero-order valence-electron chi connectivity index (χ0n) is 16.1. The molecule has 2 aromatic carbocycles. The van der Waals surface area contributed by atoms with Crippen LogP contribution in [0.4, 0.5) is 18.9 Å². The Labute approximate surface area is 165 Å². The van der Waals surface area contributed by atoms with Gasteiger partial charge in [-0.1, -0.05) is 6.07 Å². The van der Waals surface area contributed by atoms with Crippen molar-refractivity contribution in [2.24, 2.45) is 4.99 Å². The molecule has 0 atom stereocenters. The highest BCUT2D eigenvalue weighted by Crippen LogP contribution is 2.27. The van der Waals surface area contributed by atoms with Gasteiger partial charge in [-0.3, -0.25) is 9.79 Å². The van der Waals surface area contributed by atoms with Crippen molar-refractivity contribution in [2.45, 2.75) is 6.54 Å². The zero-order chi connectivity index (χ0) is 21.4. The van der Waals surface area contributed by atoms with Gasteiger partial charge in [-0.2, -0.15) is 0 Å². The summed E-state index contributed by atoms with van der Waals surface area (Å²) < 4.78 is 50.2. The van der Waals surface area contributed by atoms with Gasteiger partial charge < -0.3 is 25.4 Å². The van der Waals surface area contributed by atoms with E-state index in [9.17, 15) is 18.0 Å². The van der Waals surface area contributed by atoms with Crippen LogP contribution in [-0.2, 0) is 11.3 Å². The highest BCUT2D eigenvalue weighted by Gasteiger charge is 2.15. The van der Waals surface area contributed by atoms with Crippen molar-refractivity contribution < 1.29 is 27.4 Å². The van der Waals surface area contributed by atoms with Gasteiger partial charge in [-0.25, -0.2) is 13.2 Å². The van der Waals surface area contributed by atoms with E-state index >= 15 is 0 Å². The van der Waals surface area contributed by atoms with Gasteiger partial charge in [0.2, 0.25) is 5.91 Å². The minimum atomic E-state index is -1.65. The van der Waals surface area contributed by atoms with Gasteiger partial charge >= 0.3 is 0 Å². The molecule has 0 aromatic heterocycles. The topological polar surface area (TPSA) is 84.0 Å². The van der Waals surface area contributed by atoms with Crippen LogP contribution >= 0.6 is 0 Å². The van der Waals surface area contributed by atoms with Crippen molar-refractivity contribution in [1.82, 2.24) is 10.6 Å². The maximum absolute atomic E-state index is 13.6. The lowest BCUT2D eigenvalue weighted by molar-refractivity contribution is -0.115. The van der Waals surface area contributed by atoms with Crippen molar-refractivity contribution >= 4 is 17.6 Å². The number of benzene rings is 2. The van der Waals surface area contributed by atoms with Gasteiger partial charge in [0.25, 0.3) is 0 Å². The van der Waals surface area contributed by atoms with E-state index in [-0.39, 0.29) is 6.54 Å². The largest absolute Gasteiger partial charge is 0.493 e. The summed E-state index contributed by atoms with van der Waals surface area (Å²) in [5.74, 6) is -3.64. The number of guanidine groups is 1. The fourth-order valence-electron chi connectivity index (χ4n) is 2.38. The maximum atomic E-state index is 13.6. The number of rotatable bonds is 7. The highest BCUT2D eigenvalue weighted by atomic mass is 19.2. The van der Waals surface area contributed by atoms with E-state index in [0.717, 1.165) is 17.7 Å². The van der Waals surface area contributed by atoms with Crippen LogP contribution in [0, 0.1) is 17.5 Å². The van der Waals surface area contributed by atoms with Crippen molar-refractivity contribution in [2.75, 3.05) is 33.1 Å². The third-order valence-corrected chi connectivity index (χ3v) is 3.86. The van der Waals surface area contributed by atoms with E-state index in [1.807, 2.05) is 6.07 Å². The minimum absolute atomic E-state index is 0.274. The van der Waals surface area contributed by atoms with Crippen LogP contribution in [0.1, 0.15) is 5.56 Å². The fourth-order valence-corrected chi connectivity index (χ4v) is 2.38. The molecule has 0 spiro atoms. The molecule has 2 rings (SSSR count). The average molecular weight is 410 g/mol. The second kappa shape index (κ2) is 10.2. The van der Waals surface area contributed by atoms with Crippen LogP contribution in [0.15, 0.2) is 35.3 Å². The number of nitrogens with zero attached hydrogens (tertiary/aromatic N) is 1. The Kier molecular flexibility index (Phi) is 7.70. The summed E-state index contributed by atoms with van der Waals surface area (Å²) in [6, 6.07) is 7.05. The van der Waals surface area contributed by atoms with Crippen LogP contribution in [0.3, 0.4) is 0 Å². The Morgan fingerprint density at radius 1 is 1.00 bits per heavy atom. The summed E-state index contributed by atoms with van der Waals surface area (Å²) in [4.78, 5) is 15.9. The number of nitrogens with one attached hydrogen (secondary N) is 3. The molecule has 0 aliphatic carbocycles. The zero-order valence-corrected chi connectivity index (χ0v) is 16.1. The smallest absolute Gasteiger partial charge is 0.243 e. The molecule has 0 saturated carbocycles. The van der Waals surface area contributed by atoms with Gasteiger partial charge in [0.05, 0.1) is 26.5 Å². The molecule has 7 nitrogen and oxygen atoms in total. The molecule has 0 unspecified atom stereocenters. The molecule has 29 heavy (non-hydrogen) atoms. The lowest BCUT2D eigenvalue weighted by atomic mass is 10.2. The normalized spacial score (nSPS) is 11.0. The van der Waals surface area contributed by atoms with Gasteiger partial charge in [-0.15, -0.1) is 0 Å². The number of ether oxygens (including phenoxy) is 2. The Morgan fingerprint density at radius 2 is 1.72 bits per heavy atom. The quantitative estimate of drug-likeness (QED) is 0.371. The standard InChI is InChI=1S/C19H21F3N4O3/c1-23-19(24-9-11-4-7-14(28-2)15(8-11)29-3)25-10-16(27)26-13-6-5-12(20)17(21)18(13)22/h4-8H,9-10H2,1-3H3,(H,26,27)(H2,23,24,25). The average Bonchev–Trinajstić information content (AvgIpc) is 2.74. The lowest BCUT2D eigenvalue weighted by Crippen LogP contribution is -2.41. The first-order valence-electron chi connectivity index (χ1n) is 8.48. The summed E-state index contributed by atoms with van der Waals surface area (Å²) in [5.41, 5.74) is 0.419. The first-order chi connectivity index (χ1) is 13.9. The number of methoxy groups -OCH3 is 2. The Bertz CT molecular complexity index is 907. The van der Waals surface area contributed by atoms with Crippen molar-refractivity contribution in [1.29, 1.82) is 0 Å². The summed E-state index contributed by atoms with van der Waals surface area (Å²) in [6.07, 6.45) is 0. The first-order valence-corrected chi connectivity index (χ1v) is 8.48. The number of halogens is 3. The van der Waals surface area contributed by atoms with Crippen LogP contribution < -0.4 is 25.4 Å². The van der Waals surface area contributed by atoms with E-state index in [2.05, 4.69) is 20.9 Å². The molecule has 156 valence electrons. The SMILES string of the molecule is CN=C(NCC(=O)Nc1ccc(F)c(F)c1F)NCc1ccc(OC)c(OC)c1. The number of hydrogen-bond donors (Lipinski definition) is 3. The number of aliphatic imine (C=N–C) groups is 1. The van der Waals surface area contributed by atoms with E-state index in [1.54, 1.807) is 19.2 Å². The van der Waals surface area contributed by atoms with Gasteiger partial charge in [0.15, 0.2) is 34.9 Å². The summed E-state index contributed by atoms with van der Waals surface area (Å²) in [5, 5.41) is 7.90. The fraction of sp³-hybridized carbons (Fsp3) is 0.263. The molecule has 0 aliphatic rings. The lowest BCUT2D eigenvalue weighted by Gasteiger charge is -2.14. The van der Waals surface area contributed by atoms with E-state index in [4.69, 9.17) is 9.47 Å². The van der Waals surface area contributed by atoms with E-state index in [0.29, 0.717) is 24.0 Å². The molecule has 0 heterocycles. The van der Waals surface area contributed by atoms with Gasteiger partial charge in [0.1, 0.15) is 0 Å². The Balaban J connectivity index is 1.89. The molecule has 3 N–H and O–H groups in total. The maximum Gasteiger partial charge on any atom is 0.243 e. The van der Waals surface area contributed by atoms with Crippen molar-refractivity contribution in [3.05, 3.63) is 53.3 Å². The molecule has 0 fully saturated rings. The van der Waals surface area contributed by atoms with Gasteiger partial charge in [-0.05, 0) is 29.8 Å². The van der Waals surface area contributed by atoms with Crippen LogP contribution in [0.2, 0.25) is 0 Å². The molecular weight excluding hydrogens is 389 g/mol. The molecular formula is C19H21F3N4O3.